The van der Waals surface area contributed by atoms with Crippen LogP contribution in [0.1, 0.15) is 48.4 Å². The van der Waals surface area contributed by atoms with Crippen LogP contribution in [0.2, 0.25) is 6.55 Å². The van der Waals surface area contributed by atoms with Crippen LogP contribution in [0, 0.1) is 33.8 Å². The van der Waals surface area contributed by atoms with Crippen LogP contribution in [-0.4, -0.2) is 8.07 Å². The summed E-state index contributed by atoms with van der Waals surface area (Å²) in [6.45, 7) is 13.7. The Hall–Kier alpha value is -0.279. The van der Waals surface area contributed by atoms with Gasteiger partial charge in [-0.2, -0.15) is 6.08 Å². The summed E-state index contributed by atoms with van der Waals surface area (Å²) in [4.78, 5) is 0. The molecular formula is C25H31Cl3SiTi. The minimum absolute atomic E-state index is 0. The van der Waals surface area contributed by atoms with E-state index in [2.05, 4.69) is 89.7 Å². The summed E-state index contributed by atoms with van der Waals surface area (Å²) in [6, 6.07) is 14.3. The molecule has 0 N–H and O–H groups in total. The van der Waals surface area contributed by atoms with E-state index in [1.807, 2.05) is 0 Å². The van der Waals surface area contributed by atoms with Gasteiger partial charge in [0.05, 0.1) is 0 Å². The smallest absolute Gasteiger partial charge is 1.00 e. The Balaban J connectivity index is 0. The van der Waals surface area contributed by atoms with Crippen LogP contribution in [0.3, 0.4) is 0 Å². The summed E-state index contributed by atoms with van der Waals surface area (Å²) in [5.74, 6) is 0. The molecule has 5 heteroatoms. The first-order valence-corrected chi connectivity index (χ1v) is 12.3. The predicted molar refractivity (Wildman–Crippen MR) is 117 cm³/mol. The second-order valence-electron chi connectivity index (χ2n) is 8.11. The van der Waals surface area contributed by atoms with Gasteiger partial charge in [-0.25, -0.2) is 10.8 Å². The SMILES string of the molecule is CCCC1=CC[C-]=C1[Si](C)(c1cc(C)cc(C)c1)c1cc(C)cc(C)c1.[Cl-].[Cl-].[Cl-].[Ti+4]. The van der Waals surface area contributed by atoms with Crippen molar-refractivity contribution >= 4 is 18.4 Å². The van der Waals surface area contributed by atoms with E-state index in [9.17, 15) is 0 Å². The number of benzene rings is 2. The molecule has 0 aromatic heterocycles. The van der Waals surface area contributed by atoms with E-state index in [4.69, 9.17) is 0 Å². The zero-order valence-corrected chi connectivity index (χ0v) is 23.6. The van der Waals surface area contributed by atoms with Gasteiger partial charge in [0, 0.05) is 0 Å². The first-order chi connectivity index (χ1) is 12.3. The molecule has 1 aliphatic rings. The maximum atomic E-state index is 3.79. The molecule has 0 aliphatic heterocycles. The molecule has 0 nitrogen and oxygen atoms in total. The number of rotatable bonds is 5. The van der Waals surface area contributed by atoms with Crippen molar-refractivity contribution in [1.82, 2.24) is 0 Å². The molecule has 0 fully saturated rings. The van der Waals surface area contributed by atoms with Gasteiger partial charge in [-0.3, -0.25) is 6.08 Å². The van der Waals surface area contributed by atoms with Crippen molar-refractivity contribution in [1.29, 1.82) is 0 Å². The number of hydrogen-bond donors (Lipinski definition) is 0. The van der Waals surface area contributed by atoms with Crippen LogP contribution in [0.5, 0.6) is 0 Å². The van der Waals surface area contributed by atoms with Gasteiger partial charge in [0.1, 0.15) is 8.07 Å². The van der Waals surface area contributed by atoms with Crippen LogP contribution >= 0.6 is 0 Å². The van der Waals surface area contributed by atoms with Gasteiger partial charge in [-0.1, -0.05) is 95.3 Å². The maximum absolute atomic E-state index is 3.79. The molecule has 0 spiro atoms. The first kappa shape index (κ1) is 31.9. The Morgan fingerprint density at radius 2 is 1.17 bits per heavy atom. The molecule has 0 unspecified atom stereocenters. The average molecular weight is 514 g/mol. The molecule has 3 rings (SSSR count). The number of allylic oxidation sites excluding steroid dienone is 4. The molecule has 0 atom stereocenters. The van der Waals surface area contributed by atoms with Gasteiger partial charge in [-0.05, 0) is 27.7 Å². The molecule has 0 heterocycles. The third-order valence-electron chi connectivity index (χ3n) is 5.57. The van der Waals surface area contributed by atoms with E-state index in [1.165, 1.54) is 50.7 Å². The maximum Gasteiger partial charge on any atom is 4.00 e. The zero-order chi connectivity index (χ0) is 18.9. The van der Waals surface area contributed by atoms with Gasteiger partial charge in [0.2, 0.25) is 0 Å². The van der Waals surface area contributed by atoms with Crippen molar-refractivity contribution < 1.29 is 58.9 Å². The van der Waals surface area contributed by atoms with E-state index >= 15 is 0 Å². The van der Waals surface area contributed by atoms with Crippen molar-refractivity contribution in [2.75, 3.05) is 0 Å². The molecular weight excluding hydrogens is 483 g/mol. The molecule has 0 bridgehead atoms. The van der Waals surface area contributed by atoms with Gasteiger partial charge < -0.3 is 37.2 Å². The summed E-state index contributed by atoms with van der Waals surface area (Å²) in [7, 11) is -2.06. The van der Waals surface area contributed by atoms with Crippen molar-refractivity contribution in [3.63, 3.8) is 0 Å². The Labute approximate surface area is 218 Å². The van der Waals surface area contributed by atoms with Crippen LogP contribution in [0.25, 0.3) is 0 Å². The Bertz CT molecular complexity index is 811. The Kier molecular flexibility index (Phi) is 14.2. The van der Waals surface area contributed by atoms with Gasteiger partial charge in [0.15, 0.2) is 0 Å². The molecule has 30 heavy (non-hydrogen) atoms. The minimum atomic E-state index is -2.06. The van der Waals surface area contributed by atoms with E-state index in [0.29, 0.717) is 0 Å². The monoisotopic (exact) mass is 512 g/mol. The van der Waals surface area contributed by atoms with Gasteiger partial charge in [0.25, 0.3) is 0 Å². The number of aryl methyl sites for hydroxylation is 4. The molecule has 0 amide bonds. The third-order valence-corrected chi connectivity index (χ3v) is 9.95. The molecule has 1 aliphatic carbocycles. The van der Waals surface area contributed by atoms with E-state index < -0.39 is 8.07 Å². The van der Waals surface area contributed by atoms with Crippen molar-refractivity contribution in [3.05, 3.63) is 81.6 Å². The van der Waals surface area contributed by atoms with Gasteiger partial charge in [-0.15, -0.1) is 6.42 Å². The summed E-state index contributed by atoms with van der Waals surface area (Å²) in [6.07, 6.45) is 9.54. The zero-order valence-electron chi connectivity index (χ0n) is 18.8. The van der Waals surface area contributed by atoms with Crippen molar-refractivity contribution in [2.24, 2.45) is 0 Å². The number of halogens is 3. The largest absolute Gasteiger partial charge is 4.00 e. The Morgan fingerprint density at radius 1 is 0.767 bits per heavy atom. The standard InChI is InChI=1S/C25H31Si.3ClH.Ti/c1-7-9-22-10-8-11-25(22)26(6,23-14-18(2)12-19(3)15-23)24-16-20(4)13-21(5)17-24;;;;/h10,12-17H,7-9H2,1-6H3;3*1H;/q-1;;;;+4/p-3. The van der Waals surface area contributed by atoms with E-state index in [-0.39, 0.29) is 58.9 Å². The third kappa shape index (κ3) is 6.61. The first-order valence-electron chi connectivity index (χ1n) is 9.83. The Morgan fingerprint density at radius 3 is 1.53 bits per heavy atom. The second kappa shape index (κ2) is 13.3. The summed E-state index contributed by atoms with van der Waals surface area (Å²) in [5, 5.41) is 4.56. The normalized spacial score (nSPS) is 12.5. The minimum Gasteiger partial charge on any atom is -1.00 e. The molecule has 0 saturated heterocycles. The topological polar surface area (TPSA) is 0 Å². The summed E-state index contributed by atoms with van der Waals surface area (Å²) in [5.41, 5.74) is 7.00. The quantitative estimate of drug-likeness (QED) is 0.288. The van der Waals surface area contributed by atoms with Crippen LogP contribution in [0.15, 0.2) is 53.2 Å². The molecule has 160 valence electrons. The molecule has 0 radical (unpaired) electrons. The van der Waals surface area contributed by atoms with Gasteiger partial charge >= 0.3 is 21.7 Å². The molecule has 2 aromatic rings. The van der Waals surface area contributed by atoms with Crippen molar-refractivity contribution in [2.45, 2.75) is 60.4 Å². The van der Waals surface area contributed by atoms with Crippen LogP contribution in [0.4, 0.5) is 0 Å². The predicted octanol–water partition coefficient (Wildman–Crippen LogP) is -3.48. The van der Waals surface area contributed by atoms with Crippen LogP contribution < -0.4 is 47.6 Å². The van der Waals surface area contributed by atoms with Crippen LogP contribution in [-0.2, 0) is 21.7 Å². The van der Waals surface area contributed by atoms with E-state index in [1.54, 1.807) is 5.57 Å². The fraction of sp³-hybridized carbons (Fsp3) is 0.360. The van der Waals surface area contributed by atoms with Crippen molar-refractivity contribution in [3.8, 4) is 0 Å². The molecule has 0 saturated carbocycles. The fourth-order valence-electron chi connectivity index (χ4n) is 4.47. The van der Waals surface area contributed by atoms with E-state index in [0.717, 1.165) is 6.42 Å². The molecule has 2 aromatic carbocycles. The second-order valence-corrected chi connectivity index (χ2v) is 12.0. The average Bonchev–Trinajstić information content (AvgIpc) is 3.01. The summed E-state index contributed by atoms with van der Waals surface area (Å²) >= 11 is 0. The number of hydrogen-bond acceptors (Lipinski definition) is 0. The fourth-order valence-corrected chi connectivity index (χ4v) is 8.77. The summed E-state index contributed by atoms with van der Waals surface area (Å²) < 4.78 is 0.